The van der Waals surface area contributed by atoms with Crippen LogP contribution in [0.5, 0.6) is 11.5 Å². The first-order valence-corrected chi connectivity index (χ1v) is 9.52. The summed E-state index contributed by atoms with van der Waals surface area (Å²) in [4.78, 5) is 28.7. The van der Waals surface area contributed by atoms with Gasteiger partial charge < -0.3 is 18.5 Å². The number of imidazole rings is 1. The monoisotopic (exact) mass is 416 g/mol. The number of amides is 2. The van der Waals surface area contributed by atoms with Crippen LogP contribution in [0.15, 0.2) is 52.3 Å². The molecule has 2 heterocycles. The molecule has 0 spiro atoms. The van der Waals surface area contributed by atoms with Crippen LogP contribution in [0, 0.1) is 0 Å². The van der Waals surface area contributed by atoms with Crippen molar-refractivity contribution < 1.29 is 23.5 Å². The van der Waals surface area contributed by atoms with E-state index in [1.165, 1.54) is 32.0 Å². The van der Waals surface area contributed by atoms with Gasteiger partial charge in [0.1, 0.15) is 5.76 Å². The zero-order valence-electron chi connectivity index (χ0n) is 16.1. The van der Waals surface area contributed by atoms with E-state index in [0.29, 0.717) is 28.6 Å². The second-order valence-electron chi connectivity index (χ2n) is 5.85. The molecule has 0 fully saturated rings. The number of hydrogen-bond donors (Lipinski definition) is 2. The Morgan fingerprint density at radius 1 is 1.10 bits per heavy atom. The summed E-state index contributed by atoms with van der Waals surface area (Å²) in [6.07, 6.45) is 3.56. The number of hydrogen-bond acceptors (Lipinski definition) is 7. The summed E-state index contributed by atoms with van der Waals surface area (Å²) in [5, 5.41) is 0.842. The van der Waals surface area contributed by atoms with Gasteiger partial charge in [0, 0.05) is 25.0 Å². The second kappa shape index (κ2) is 9.20. The highest BCUT2D eigenvalue weighted by Gasteiger charge is 2.15. The third-order valence-electron chi connectivity index (χ3n) is 3.94. The van der Waals surface area contributed by atoms with Crippen molar-refractivity contribution in [1.82, 2.24) is 20.4 Å². The van der Waals surface area contributed by atoms with E-state index in [2.05, 4.69) is 15.8 Å². The molecule has 0 saturated carbocycles. The molecule has 2 aromatic heterocycles. The number of nitrogens with zero attached hydrogens (tertiary/aromatic N) is 2. The van der Waals surface area contributed by atoms with E-state index in [1.54, 1.807) is 30.5 Å². The number of ether oxygens (including phenoxy) is 2. The largest absolute Gasteiger partial charge is 0.493 e. The number of hydrazine groups is 1. The Bertz CT molecular complexity index is 1010. The van der Waals surface area contributed by atoms with E-state index in [4.69, 9.17) is 13.9 Å². The van der Waals surface area contributed by atoms with E-state index >= 15 is 0 Å². The Morgan fingerprint density at radius 3 is 2.55 bits per heavy atom. The maximum Gasteiger partial charge on any atom is 0.305 e. The van der Waals surface area contributed by atoms with Gasteiger partial charge in [0.2, 0.25) is 0 Å². The van der Waals surface area contributed by atoms with Gasteiger partial charge in [0.15, 0.2) is 22.4 Å². The fourth-order valence-corrected chi connectivity index (χ4v) is 3.26. The number of thioether (sulfide) groups is 1. The maximum absolute atomic E-state index is 12.3. The lowest BCUT2D eigenvalue weighted by molar-refractivity contribution is 0.0830. The fraction of sp³-hybridized carbons (Fsp3) is 0.211. The van der Waals surface area contributed by atoms with E-state index in [0.717, 1.165) is 5.16 Å². The molecule has 0 bridgehead atoms. The molecule has 0 radical (unpaired) electrons. The lowest BCUT2D eigenvalue weighted by atomic mass is 10.2. The number of aromatic nitrogens is 2. The minimum absolute atomic E-state index is 0.0908. The lowest BCUT2D eigenvalue weighted by Crippen LogP contribution is -2.41. The van der Waals surface area contributed by atoms with E-state index in [9.17, 15) is 9.59 Å². The van der Waals surface area contributed by atoms with Gasteiger partial charge in [-0.3, -0.25) is 20.4 Å². The molecule has 152 valence electrons. The number of carbonyl (C=O) groups excluding carboxylic acids is 2. The van der Waals surface area contributed by atoms with Crippen LogP contribution < -0.4 is 20.3 Å². The molecule has 3 rings (SSSR count). The normalized spacial score (nSPS) is 10.4. The quantitative estimate of drug-likeness (QED) is 0.450. The topological polar surface area (TPSA) is 108 Å². The summed E-state index contributed by atoms with van der Waals surface area (Å²) in [5.74, 6) is 1.08. The molecule has 1 aromatic carbocycles. The molecule has 10 heteroatoms. The molecule has 0 aliphatic carbocycles. The van der Waals surface area contributed by atoms with Gasteiger partial charge in [-0.05, 0) is 30.3 Å². The minimum Gasteiger partial charge on any atom is -0.493 e. The van der Waals surface area contributed by atoms with Crippen LogP contribution in [0.3, 0.4) is 0 Å². The average molecular weight is 416 g/mol. The lowest BCUT2D eigenvalue weighted by Gasteiger charge is -2.10. The summed E-state index contributed by atoms with van der Waals surface area (Å²) >= 11 is 1.49. The molecule has 29 heavy (non-hydrogen) atoms. The summed E-state index contributed by atoms with van der Waals surface area (Å²) < 4.78 is 17.7. The van der Waals surface area contributed by atoms with Crippen LogP contribution in [0.4, 0.5) is 0 Å². The van der Waals surface area contributed by atoms with Crippen molar-refractivity contribution in [2.75, 3.05) is 14.2 Å². The molecule has 0 saturated heterocycles. The summed E-state index contributed by atoms with van der Waals surface area (Å²) in [5.41, 5.74) is 4.97. The number of methoxy groups -OCH3 is 2. The second-order valence-corrected chi connectivity index (χ2v) is 6.80. The van der Waals surface area contributed by atoms with Crippen LogP contribution >= 0.6 is 11.8 Å². The van der Waals surface area contributed by atoms with Crippen LogP contribution in [0.1, 0.15) is 26.7 Å². The Labute approximate surface area is 171 Å². The number of rotatable bonds is 7. The van der Waals surface area contributed by atoms with Gasteiger partial charge in [-0.1, -0.05) is 11.8 Å². The predicted molar refractivity (Wildman–Crippen MR) is 106 cm³/mol. The maximum atomic E-state index is 12.3. The predicted octanol–water partition coefficient (Wildman–Crippen LogP) is 2.40. The standard InChI is InChI=1S/C19H20N4O5S/c1-23-9-8-20-19(23)29-11-13-5-7-15(28-13)18(25)22-21-17(24)12-4-6-14(26-2)16(10-12)27-3/h4-10H,11H2,1-3H3,(H,21,24)(H,22,25). The van der Waals surface area contributed by atoms with Gasteiger partial charge in [-0.25, -0.2) is 4.98 Å². The molecule has 0 aliphatic heterocycles. The first kappa shape index (κ1) is 20.3. The van der Waals surface area contributed by atoms with Crippen molar-refractivity contribution >= 4 is 23.6 Å². The average Bonchev–Trinajstić information content (AvgIpc) is 3.38. The first-order chi connectivity index (χ1) is 14.0. The first-order valence-electron chi connectivity index (χ1n) is 8.53. The van der Waals surface area contributed by atoms with Crippen LogP contribution in [-0.2, 0) is 12.8 Å². The number of nitrogens with one attached hydrogen (secondary N) is 2. The van der Waals surface area contributed by atoms with Gasteiger partial charge in [0.05, 0.1) is 20.0 Å². The minimum atomic E-state index is -0.563. The van der Waals surface area contributed by atoms with Crippen molar-refractivity contribution in [3.05, 3.63) is 59.8 Å². The van der Waals surface area contributed by atoms with Crippen LogP contribution in [0.2, 0.25) is 0 Å². The zero-order valence-corrected chi connectivity index (χ0v) is 16.9. The Hall–Kier alpha value is -3.40. The fourth-order valence-electron chi connectivity index (χ4n) is 2.43. The molecule has 9 nitrogen and oxygen atoms in total. The molecular weight excluding hydrogens is 396 g/mol. The van der Waals surface area contributed by atoms with E-state index < -0.39 is 11.8 Å². The molecule has 3 aromatic rings. The van der Waals surface area contributed by atoms with E-state index in [1.807, 2.05) is 17.8 Å². The molecule has 0 aliphatic rings. The third-order valence-corrected chi connectivity index (χ3v) is 5.02. The highest BCUT2D eigenvalue weighted by molar-refractivity contribution is 7.98. The molecular formula is C19H20N4O5S. The van der Waals surface area contributed by atoms with Crippen LogP contribution in [0.25, 0.3) is 0 Å². The molecule has 0 unspecified atom stereocenters. The Balaban J connectivity index is 1.55. The Morgan fingerprint density at radius 2 is 1.86 bits per heavy atom. The number of furan rings is 1. The molecule has 0 atom stereocenters. The van der Waals surface area contributed by atoms with E-state index in [-0.39, 0.29) is 5.76 Å². The summed E-state index contributed by atoms with van der Waals surface area (Å²) in [7, 11) is 4.88. The Kier molecular flexibility index (Phi) is 6.45. The van der Waals surface area contributed by atoms with Crippen molar-refractivity contribution in [3.8, 4) is 11.5 Å². The van der Waals surface area contributed by atoms with Gasteiger partial charge in [0.25, 0.3) is 5.91 Å². The highest BCUT2D eigenvalue weighted by Crippen LogP contribution is 2.27. The van der Waals surface area contributed by atoms with Crippen molar-refractivity contribution in [1.29, 1.82) is 0 Å². The number of carbonyl (C=O) groups is 2. The van der Waals surface area contributed by atoms with Crippen LogP contribution in [-0.4, -0.2) is 35.6 Å². The van der Waals surface area contributed by atoms with Crippen molar-refractivity contribution in [2.24, 2.45) is 7.05 Å². The zero-order chi connectivity index (χ0) is 20.8. The van der Waals surface area contributed by atoms with Crippen molar-refractivity contribution in [3.63, 3.8) is 0 Å². The third kappa shape index (κ3) is 4.91. The summed E-state index contributed by atoms with van der Waals surface area (Å²) in [6.45, 7) is 0. The number of aryl methyl sites for hydroxylation is 1. The molecule has 2 amide bonds. The van der Waals surface area contributed by atoms with Crippen molar-refractivity contribution in [2.45, 2.75) is 10.9 Å². The smallest absolute Gasteiger partial charge is 0.305 e. The van der Waals surface area contributed by atoms with Gasteiger partial charge in [-0.2, -0.15) is 0 Å². The highest BCUT2D eigenvalue weighted by atomic mass is 32.2. The van der Waals surface area contributed by atoms with Gasteiger partial charge >= 0.3 is 5.91 Å². The number of benzene rings is 1. The molecule has 2 N–H and O–H groups in total. The SMILES string of the molecule is COc1ccc(C(=O)NNC(=O)c2ccc(CSc3nccn3C)o2)cc1OC. The summed E-state index contributed by atoms with van der Waals surface area (Å²) in [6, 6.07) is 7.93. The van der Waals surface area contributed by atoms with Gasteiger partial charge in [-0.15, -0.1) is 0 Å².